The fourth-order valence-electron chi connectivity index (χ4n) is 0.853. The Morgan fingerprint density at radius 2 is 2.00 bits per heavy atom. The van der Waals surface area contributed by atoms with Crippen molar-refractivity contribution in [3.8, 4) is 17.2 Å². The zero-order chi connectivity index (χ0) is 9.84. The van der Waals surface area contributed by atoms with Crippen LogP contribution in [0.2, 0.25) is 0 Å². The van der Waals surface area contributed by atoms with E-state index in [4.69, 9.17) is 19.9 Å². The van der Waals surface area contributed by atoms with Gasteiger partial charge in [-0.2, -0.15) is 0 Å². The van der Waals surface area contributed by atoms with Gasteiger partial charge in [-0.1, -0.05) is 0 Å². The molecule has 0 amide bonds. The van der Waals surface area contributed by atoms with Crippen molar-refractivity contribution in [2.45, 2.75) is 0 Å². The number of hydrogen-bond donors (Lipinski definition) is 3. The first-order valence-corrected chi connectivity index (χ1v) is 3.53. The van der Waals surface area contributed by atoms with Crippen LogP contribution in [-0.2, 0) is 0 Å². The molecule has 0 aliphatic heterocycles. The number of phenols is 1. The molecule has 5 nitrogen and oxygen atoms in total. The molecule has 3 N–H and O–H groups in total. The minimum Gasteiger partial charge on any atom is -0.512 e. The van der Waals surface area contributed by atoms with Crippen LogP contribution in [0.3, 0.4) is 0 Å². The quantitative estimate of drug-likeness (QED) is 0.564. The molecule has 0 radical (unpaired) electrons. The normalized spacial score (nSPS) is 9.46. The van der Waals surface area contributed by atoms with Crippen molar-refractivity contribution in [3.63, 3.8) is 0 Å². The highest BCUT2D eigenvalue weighted by atomic mass is 16.6. The molecule has 0 aliphatic rings. The molecule has 0 heterocycles. The van der Waals surface area contributed by atoms with Gasteiger partial charge in [-0.05, 0) is 12.1 Å². The van der Waals surface area contributed by atoms with Crippen molar-refractivity contribution in [1.82, 2.24) is 0 Å². The Labute approximate surface area is 75.3 Å². The van der Waals surface area contributed by atoms with Crippen LogP contribution < -0.4 is 9.39 Å². The van der Waals surface area contributed by atoms with Gasteiger partial charge in [-0.25, -0.2) is 0 Å². The lowest BCUT2D eigenvalue weighted by atomic mass is 10.2. The lowest BCUT2D eigenvalue weighted by Gasteiger charge is -2.07. The van der Waals surface area contributed by atoms with Gasteiger partial charge in [0.1, 0.15) is 5.75 Å². The maximum atomic E-state index is 9.16. The van der Waals surface area contributed by atoms with Gasteiger partial charge in [-0.3, -0.25) is 0 Å². The van der Waals surface area contributed by atoms with Crippen LogP contribution in [0.1, 0.15) is 0 Å². The predicted molar refractivity (Wildman–Crippen MR) is 45.5 cm³/mol. The van der Waals surface area contributed by atoms with Gasteiger partial charge in [0.25, 0.3) is 0 Å². The van der Waals surface area contributed by atoms with E-state index in [1.165, 1.54) is 25.3 Å². The smallest absolute Gasteiger partial charge is 0.512 e. The Morgan fingerprint density at radius 3 is 2.54 bits per heavy atom. The number of phenolic OH excluding ortho intramolecular Hbond substituents is 1. The molecular weight excluding hydrogens is 175 g/mol. The number of aromatic hydroxyl groups is 1. The molecule has 0 aromatic heterocycles. The molecule has 0 saturated carbocycles. The fourth-order valence-corrected chi connectivity index (χ4v) is 0.853. The zero-order valence-corrected chi connectivity index (χ0v) is 6.97. The lowest BCUT2D eigenvalue weighted by Crippen LogP contribution is -2.20. The minimum absolute atomic E-state index is 0.0396. The predicted octanol–water partition coefficient (Wildman–Crippen LogP) is -0.251. The minimum atomic E-state index is -1.88. The average Bonchev–Trinajstić information content (AvgIpc) is 2.07. The van der Waals surface area contributed by atoms with Crippen molar-refractivity contribution in [3.05, 3.63) is 18.2 Å². The molecule has 0 bridgehead atoms. The highest BCUT2D eigenvalue weighted by Crippen LogP contribution is 2.29. The maximum absolute atomic E-state index is 9.16. The highest BCUT2D eigenvalue weighted by molar-refractivity contribution is 6.33. The van der Waals surface area contributed by atoms with E-state index in [0.29, 0.717) is 0 Å². The van der Waals surface area contributed by atoms with Crippen LogP contribution >= 0.6 is 0 Å². The van der Waals surface area contributed by atoms with E-state index in [-0.39, 0.29) is 17.2 Å². The molecular formula is C7H9BO5. The lowest BCUT2D eigenvalue weighted by molar-refractivity contribution is 0.286. The van der Waals surface area contributed by atoms with Gasteiger partial charge in [0, 0.05) is 6.07 Å². The first kappa shape index (κ1) is 9.69. The topological polar surface area (TPSA) is 79.2 Å². The van der Waals surface area contributed by atoms with Gasteiger partial charge in [0.05, 0.1) is 7.11 Å². The van der Waals surface area contributed by atoms with E-state index >= 15 is 0 Å². The number of benzene rings is 1. The Bertz CT molecular complexity index is 288. The summed E-state index contributed by atoms with van der Waals surface area (Å²) in [5, 5.41) is 26.1. The second-order valence-electron chi connectivity index (χ2n) is 2.28. The third kappa shape index (κ3) is 2.53. The molecule has 1 aromatic carbocycles. The van der Waals surface area contributed by atoms with E-state index < -0.39 is 7.32 Å². The molecule has 70 valence electrons. The van der Waals surface area contributed by atoms with Gasteiger partial charge < -0.3 is 24.5 Å². The van der Waals surface area contributed by atoms with Gasteiger partial charge in [-0.15, -0.1) is 0 Å². The van der Waals surface area contributed by atoms with Crippen molar-refractivity contribution >= 4 is 7.32 Å². The Balaban J connectivity index is 2.86. The number of hydrogen-bond acceptors (Lipinski definition) is 5. The molecule has 0 spiro atoms. The summed E-state index contributed by atoms with van der Waals surface area (Å²) in [6, 6.07) is 4.06. The van der Waals surface area contributed by atoms with Crippen molar-refractivity contribution < 1.29 is 24.5 Å². The van der Waals surface area contributed by atoms with Crippen molar-refractivity contribution in [1.29, 1.82) is 0 Å². The van der Waals surface area contributed by atoms with Crippen molar-refractivity contribution in [2.75, 3.05) is 7.11 Å². The summed E-state index contributed by atoms with van der Waals surface area (Å²) >= 11 is 0. The second-order valence-corrected chi connectivity index (χ2v) is 2.28. The third-order valence-corrected chi connectivity index (χ3v) is 1.39. The average molecular weight is 184 g/mol. The molecule has 6 heteroatoms. The Kier molecular flexibility index (Phi) is 3.00. The maximum Gasteiger partial charge on any atom is 0.707 e. The summed E-state index contributed by atoms with van der Waals surface area (Å²) in [7, 11) is -0.497. The molecule has 0 atom stereocenters. The van der Waals surface area contributed by atoms with Crippen LogP contribution in [0, 0.1) is 0 Å². The molecule has 0 unspecified atom stereocenters. The summed E-state index contributed by atoms with van der Waals surface area (Å²) in [5.74, 6) is 0.366. The summed E-state index contributed by atoms with van der Waals surface area (Å²) in [4.78, 5) is 0. The molecule has 1 aromatic rings. The Hall–Kier alpha value is -1.40. The zero-order valence-electron chi connectivity index (χ0n) is 6.97. The van der Waals surface area contributed by atoms with Crippen molar-refractivity contribution in [2.24, 2.45) is 0 Å². The van der Waals surface area contributed by atoms with E-state index in [9.17, 15) is 0 Å². The highest BCUT2D eigenvalue weighted by Gasteiger charge is 2.12. The largest absolute Gasteiger partial charge is 0.707 e. The van der Waals surface area contributed by atoms with Crippen LogP contribution in [0.15, 0.2) is 18.2 Å². The van der Waals surface area contributed by atoms with Crippen LogP contribution in [0.25, 0.3) is 0 Å². The monoisotopic (exact) mass is 184 g/mol. The first-order valence-electron chi connectivity index (χ1n) is 3.53. The number of ether oxygens (including phenoxy) is 1. The van der Waals surface area contributed by atoms with Crippen LogP contribution in [-0.4, -0.2) is 29.6 Å². The molecule has 13 heavy (non-hydrogen) atoms. The molecule has 0 fully saturated rings. The summed E-state index contributed by atoms with van der Waals surface area (Å²) in [5.41, 5.74) is 0. The van der Waals surface area contributed by atoms with Gasteiger partial charge in [0.2, 0.25) is 0 Å². The summed E-state index contributed by atoms with van der Waals surface area (Å²) in [6.45, 7) is 0. The van der Waals surface area contributed by atoms with Gasteiger partial charge >= 0.3 is 7.32 Å². The fraction of sp³-hybridized carbons (Fsp3) is 0.143. The van der Waals surface area contributed by atoms with E-state index in [1.54, 1.807) is 0 Å². The molecule has 0 saturated heterocycles. The van der Waals surface area contributed by atoms with E-state index in [2.05, 4.69) is 4.65 Å². The molecule has 0 aliphatic carbocycles. The number of methoxy groups -OCH3 is 1. The first-order chi connectivity index (χ1) is 6.13. The summed E-state index contributed by atoms with van der Waals surface area (Å²) in [6.07, 6.45) is 0. The van der Waals surface area contributed by atoms with E-state index in [1.807, 2.05) is 0 Å². The Morgan fingerprint density at radius 1 is 1.31 bits per heavy atom. The van der Waals surface area contributed by atoms with E-state index in [0.717, 1.165) is 0 Å². The second kappa shape index (κ2) is 4.02. The summed E-state index contributed by atoms with van der Waals surface area (Å²) < 4.78 is 9.31. The standard InChI is InChI=1S/C7H9BO5/c1-12-7-4-5(13-8(10)11)2-3-6(7)9/h2-4,9-11H,1H3. The van der Waals surface area contributed by atoms with Crippen LogP contribution in [0.4, 0.5) is 0 Å². The SMILES string of the molecule is COc1cc(OB(O)O)ccc1O. The third-order valence-electron chi connectivity index (χ3n) is 1.39. The van der Waals surface area contributed by atoms with Gasteiger partial charge in [0.15, 0.2) is 11.5 Å². The number of rotatable bonds is 3. The van der Waals surface area contributed by atoms with Crippen LogP contribution in [0.5, 0.6) is 17.2 Å². The molecule has 1 rings (SSSR count).